The van der Waals surface area contributed by atoms with E-state index in [0.717, 1.165) is 17.7 Å². The highest BCUT2D eigenvalue weighted by atomic mass is 35.5. The van der Waals surface area contributed by atoms with Gasteiger partial charge < -0.3 is 20.1 Å². The Morgan fingerprint density at radius 2 is 1.78 bits per heavy atom. The van der Waals surface area contributed by atoms with Gasteiger partial charge >= 0.3 is 5.97 Å². The van der Waals surface area contributed by atoms with E-state index in [1.54, 1.807) is 12.1 Å². The predicted molar refractivity (Wildman–Crippen MR) is 107 cm³/mol. The van der Waals surface area contributed by atoms with Crippen molar-refractivity contribution in [2.45, 2.75) is 20.0 Å². The second-order valence-corrected chi connectivity index (χ2v) is 6.14. The summed E-state index contributed by atoms with van der Waals surface area (Å²) in [7, 11) is 2.86. The number of halogens is 1. The molecule has 0 aliphatic rings. The van der Waals surface area contributed by atoms with Crippen molar-refractivity contribution < 1.29 is 14.3 Å². The van der Waals surface area contributed by atoms with Gasteiger partial charge in [0.2, 0.25) is 0 Å². The van der Waals surface area contributed by atoms with Crippen LogP contribution in [0.5, 0.6) is 5.75 Å². The summed E-state index contributed by atoms with van der Waals surface area (Å²) in [4.78, 5) is 16.5. The standard InChI is InChI=1S/C20H24ClN3O3/c1-4-22-20(23-12-14-5-8-16(21)9-6-14)24-13-15-7-10-18(26-2)17(11-15)19(25)27-3/h5-11H,4,12-13H2,1-3H3,(H2,22,23,24). The second kappa shape index (κ2) is 10.4. The summed E-state index contributed by atoms with van der Waals surface area (Å²) < 4.78 is 10.0. The average Bonchev–Trinajstić information content (AvgIpc) is 2.70. The van der Waals surface area contributed by atoms with E-state index in [1.807, 2.05) is 37.3 Å². The number of esters is 1. The summed E-state index contributed by atoms with van der Waals surface area (Å²) in [6.45, 7) is 3.77. The number of hydrogen-bond donors (Lipinski definition) is 2. The van der Waals surface area contributed by atoms with Crippen LogP contribution in [0.25, 0.3) is 0 Å². The van der Waals surface area contributed by atoms with Crippen LogP contribution in [0.2, 0.25) is 5.02 Å². The Hall–Kier alpha value is -2.73. The Morgan fingerprint density at radius 3 is 2.41 bits per heavy atom. The molecule has 0 atom stereocenters. The summed E-state index contributed by atoms with van der Waals surface area (Å²) in [5.74, 6) is 0.718. The van der Waals surface area contributed by atoms with E-state index in [4.69, 9.17) is 21.1 Å². The fraction of sp³-hybridized carbons (Fsp3) is 0.300. The Bertz CT molecular complexity index is 792. The molecule has 0 bridgehead atoms. The quantitative estimate of drug-likeness (QED) is 0.431. The number of nitrogens with zero attached hydrogens (tertiary/aromatic N) is 1. The Labute approximate surface area is 164 Å². The number of nitrogens with one attached hydrogen (secondary N) is 2. The number of ether oxygens (including phenoxy) is 2. The van der Waals surface area contributed by atoms with Gasteiger partial charge in [0.25, 0.3) is 0 Å². The topological polar surface area (TPSA) is 72.0 Å². The summed E-state index contributed by atoms with van der Waals surface area (Å²) in [6, 6.07) is 13.0. The summed E-state index contributed by atoms with van der Waals surface area (Å²) in [5.41, 5.74) is 2.36. The maximum atomic E-state index is 11.9. The molecule has 0 aliphatic carbocycles. The zero-order chi connectivity index (χ0) is 19.6. The summed E-state index contributed by atoms with van der Waals surface area (Å²) >= 11 is 5.91. The van der Waals surface area contributed by atoms with Crippen molar-refractivity contribution in [1.82, 2.24) is 10.6 Å². The highest BCUT2D eigenvalue weighted by Gasteiger charge is 2.13. The van der Waals surface area contributed by atoms with Crippen molar-refractivity contribution in [3.05, 3.63) is 64.2 Å². The van der Waals surface area contributed by atoms with E-state index < -0.39 is 5.97 Å². The fourth-order valence-corrected chi connectivity index (χ4v) is 2.55. The first-order chi connectivity index (χ1) is 13.1. The molecule has 2 aromatic rings. The average molecular weight is 390 g/mol. The maximum absolute atomic E-state index is 11.9. The minimum absolute atomic E-state index is 0.381. The lowest BCUT2D eigenvalue weighted by molar-refractivity contribution is 0.0597. The second-order valence-electron chi connectivity index (χ2n) is 5.70. The molecule has 0 radical (unpaired) electrons. The number of methoxy groups -OCH3 is 2. The van der Waals surface area contributed by atoms with Gasteiger partial charge in [-0.05, 0) is 42.3 Å². The first kappa shape index (κ1) is 20.6. The number of aliphatic imine (C=N–C) groups is 1. The summed E-state index contributed by atoms with van der Waals surface area (Å²) in [5, 5.41) is 7.19. The minimum Gasteiger partial charge on any atom is -0.496 e. The molecule has 0 amide bonds. The first-order valence-corrected chi connectivity index (χ1v) is 8.97. The molecule has 7 heteroatoms. The fourth-order valence-electron chi connectivity index (χ4n) is 2.42. The van der Waals surface area contributed by atoms with E-state index in [-0.39, 0.29) is 0 Å². The van der Waals surface area contributed by atoms with Gasteiger partial charge in [-0.15, -0.1) is 0 Å². The van der Waals surface area contributed by atoms with E-state index in [2.05, 4.69) is 15.6 Å². The van der Waals surface area contributed by atoms with Crippen LogP contribution in [0.3, 0.4) is 0 Å². The van der Waals surface area contributed by atoms with Crippen LogP contribution < -0.4 is 15.4 Å². The van der Waals surface area contributed by atoms with Gasteiger partial charge in [0.15, 0.2) is 5.96 Å². The van der Waals surface area contributed by atoms with Crippen LogP contribution in [0.15, 0.2) is 47.5 Å². The SMILES string of the molecule is CCNC(=NCc1ccc(OC)c(C(=O)OC)c1)NCc1ccc(Cl)cc1. The number of carbonyl (C=O) groups is 1. The lowest BCUT2D eigenvalue weighted by Crippen LogP contribution is -2.36. The molecular formula is C20H24ClN3O3. The molecule has 2 aromatic carbocycles. The van der Waals surface area contributed by atoms with Crippen LogP contribution in [0, 0.1) is 0 Å². The van der Waals surface area contributed by atoms with E-state index >= 15 is 0 Å². The van der Waals surface area contributed by atoms with Gasteiger partial charge in [-0.2, -0.15) is 0 Å². The van der Waals surface area contributed by atoms with Gasteiger partial charge in [0.1, 0.15) is 11.3 Å². The highest BCUT2D eigenvalue weighted by molar-refractivity contribution is 6.30. The molecule has 0 saturated heterocycles. The minimum atomic E-state index is -0.439. The maximum Gasteiger partial charge on any atom is 0.341 e. The van der Waals surface area contributed by atoms with Gasteiger partial charge in [-0.25, -0.2) is 9.79 Å². The van der Waals surface area contributed by atoms with Gasteiger partial charge in [-0.1, -0.05) is 29.8 Å². The van der Waals surface area contributed by atoms with Crippen molar-refractivity contribution in [1.29, 1.82) is 0 Å². The number of hydrogen-bond acceptors (Lipinski definition) is 4. The van der Waals surface area contributed by atoms with Gasteiger partial charge in [0, 0.05) is 18.1 Å². The molecule has 0 saturated carbocycles. The molecule has 6 nitrogen and oxygen atoms in total. The largest absolute Gasteiger partial charge is 0.496 e. The van der Waals surface area contributed by atoms with Crippen molar-refractivity contribution in [2.75, 3.05) is 20.8 Å². The molecule has 2 N–H and O–H groups in total. The molecule has 0 unspecified atom stereocenters. The van der Waals surface area contributed by atoms with Crippen molar-refractivity contribution >= 4 is 23.5 Å². The van der Waals surface area contributed by atoms with Crippen molar-refractivity contribution in [3.63, 3.8) is 0 Å². The van der Waals surface area contributed by atoms with Crippen LogP contribution in [-0.4, -0.2) is 32.7 Å². The van der Waals surface area contributed by atoms with E-state index in [9.17, 15) is 4.79 Å². The molecule has 0 spiro atoms. The van der Waals surface area contributed by atoms with Crippen LogP contribution >= 0.6 is 11.6 Å². The number of carbonyl (C=O) groups excluding carboxylic acids is 1. The van der Waals surface area contributed by atoms with Crippen LogP contribution in [0.4, 0.5) is 0 Å². The molecule has 0 aliphatic heterocycles. The Kier molecular flexibility index (Phi) is 7.95. The van der Waals surface area contributed by atoms with Crippen molar-refractivity contribution in [3.8, 4) is 5.75 Å². The van der Waals surface area contributed by atoms with Crippen LogP contribution in [0.1, 0.15) is 28.4 Å². The molecule has 27 heavy (non-hydrogen) atoms. The number of benzene rings is 2. The predicted octanol–water partition coefficient (Wildman–Crippen LogP) is 3.39. The zero-order valence-electron chi connectivity index (χ0n) is 15.7. The van der Waals surface area contributed by atoms with E-state index in [0.29, 0.717) is 35.4 Å². The molecule has 0 fully saturated rings. The lowest BCUT2D eigenvalue weighted by Gasteiger charge is -2.12. The monoisotopic (exact) mass is 389 g/mol. The van der Waals surface area contributed by atoms with Crippen molar-refractivity contribution in [2.24, 2.45) is 4.99 Å². The molecule has 0 heterocycles. The van der Waals surface area contributed by atoms with E-state index in [1.165, 1.54) is 14.2 Å². The molecular weight excluding hydrogens is 366 g/mol. The third-order valence-electron chi connectivity index (χ3n) is 3.81. The third-order valence-corrected chi connectivity index (χ3v) is 4.06. The molecule has 144 valence electrons. The number of guanidine groups is 1. The molecule has 0 aromatic heterocycles. The highest BCUT2D eigenvalue weighted by Crippen LogP contribution is 2.21. The smallest absolute Gasteiger partial charge is 0.341 e. The summed E-state index contributed by atoms with van der Waals surface area (Å²) in [6.07, 6.45) is 0. The first-order valence-electron chi connectivity index (χ1n) is 8.59. The number of rotatable bonds is 7. The van der Waals surface area contributed by atoms with Gasteiger partial charge in [0.05, 0.1) is 20.8 Å². The lowest BCUT2D eigenvalue weighted by atomic mass is 10.1. The van der Waals surface area contributed by atoms with Crippen LogP contribution in [-0.2, 0) is 17.8 Å². The van der Waals surface area contributed by atoms with Gasteiger partial charge in [-0.3, -0.25) is 0 Å². The Balaban J connectivity index is 2.09. The molecule has 2 rings (SSSR count). The third kappa shape index (κ3) is 6.18. The zero-order valence-corrected chi connectivity index (χ0v) is 16.5. The Morgan fingerprint density at radius 1 is 1.07 bits per heavy atom. The normalized spacial score (nSPS) is 11.0.